The molecule has 1 aliphatic heterocycles. The Kier molecular flexibility index (Phi) is 4.84. The van der Waals surface area contributed by atoms with Gasteiger partial charge in [-0.15, -0.1) is 0 Å². The number of hydrogen-bond acceptors (Lipinski definition) is 3. The summed E-state index contributed by atoms with van der Waals surface area (Å²) in [5.74, 6) is -1.79. The van der Waals surface area contributed by atoms with E-state index in [2.05, 4.69) is 20.7 Å². The molecule has 1 aliphatic rings. The van der Waals surface area contributed by atoms with Gasteiger partial charge in [-0.25, -0.2) is 4.39 Å². The van der Waals surface area contributed by atoms with Crippen LogP contribution in [0.15, 0.2) is 22.7 Å². The molecule has 0 aromatic heterocycles. The molecule has 1 unspecified atom stereocenters. The van der Waals surface area contributed by atoms with Crippen LogP contribution in [-0.2, 0) is 15.0 Å². The molecule has 0 amide bonds. The molecule has 1 heterocycles. The van der Waals surface area contributed by atoms with Crippen molar-refractivity contribution in [2.75, 3.05) is 11.3 Å². The summed E-state index contributed by atoms with van der Waals surface area (Å²) >= 11 is 2.97. The maximum absolute atomic E-state index is 13.4. The number of aliphatic carboxylic acids is 1. The molecular formula is C12H14BrFN2O4S. The zero-order valence-electron chi connectivity index (χ0n) is 10.9. The predicted octanol–water partition coefficient (Wildman–Crippen LogP) is 2.18. The molecular weight excluding hydrogens is 367 g/mol. The number of rotatable bonds is 4. The molecule has 2 N–H and O–H groups in total. The third kappa shape index (κ3) is 3.72. The molecule has 0 radical (unpaired) electrons. The van der Waals surface area contributed by atoms with Crippen LogP contribution >= 0.6 is 15.9 Å². The zero-order chi connectivity index (χ0) is 15.6. The Balaban J connectivity index is 2.23. The van der Waals surface area contributed by atoms with Crippen LogP contribution in [0, 0.1) is 5.82 Å². The molecule has 1 aromatic carbocycles. The van der Waals surface area contributed by atoms with Gasteiger partial charge >= 0.3 is 16.2 Å². The minimum Gasteiger partial charge on any atom is -0.480 e. The summed E-state index contributed by atoms with van der Waals surface area (Å²) in [5, 5.41) is 9.12. The summed E-state index contributed by atoms with van der Waals surface area (Å²) in [6.07, 6.45) is 1.53. The molecule has 21 heavy (non-hydrogen) atoms. The van der Waals surface area contributed by atoms with Crippen LogP contribution < -0.4 is 4.72 Å². The number of carboxylic acid groups (broad SMARTS) is 1. The van der Waals surface area contributed by atoms with Gasteiger partial charge in [-0.1, -0.05) is 0 Å². The van der Waals surface area contributed by atoms with Crippen molar-refractivity contribution in [2.24, 2.45) is 0 Å². The first-order valence-electron chi connectivity index (χ1n) is 6.29. The van der Waals surface area contributed by atoms with Crippen molar-refractivity contribution in [1.29, 1.82) is 0 Å². The maximum atomic E-state index is 13.4. The first-order chi connectivity index (χ1) is 9.81. The second kappa shape index (κ2) is 6.29. The third-order valence-electron chi connectivity index (χ3n) is 3.21. The fourth-order valence-electron chi connectivity index (χ4n) is 2.21. The number of benzene rings is 1. The maximum Gasteiger partial charge on any atom is 0.322 e. The highest BCUT2D eigenvalue weighted by molar-refractivity contribution is 9.10. The second-order valence-corrected chi connectivity index (χ2v) is 7.17. The Bertz CT molecular complexity index is 653. The minimum atomic E-state index is -4.04. The number of hydrogen-bond donors (Lipinski definition) is 2. The predicted molar refractivity (Wildman–Crippen MR) is 78.6 cm³/mol. The number of anilines is 1. The van der Waals surface area contributed by atoms with E-state index in [1.807, 2.05) is 0 Å². The SMILES string of the molecule is O=C(O)C1CCCCN1S(=O)(=O)Nc1ccc(Br)c(F)c1. The summed E-state index contributed by atoms with van der Waals surface area (Å²) in [4.78, 5) is 11.2. The van der Waals surface area contributed by atoms with Gasteiger partial charge < -0.3 is 5.11 Å². The Labute approximate surface area is 130 Å². The Morgan fingerprint density at radius 2 is 2.14 bits per heavy atom. The normalized spacial score (nSPS) is 20.2. The molecule has 0 bridgehead atoms. The zero-order valence-corrected chi connectivity index (χ0v) is 13.3. The van der Waals surface area contributed by atoms with Gasteiger partial charge in [-0.3, -0.25) is 9.52 Å². The van der Waals surface area contributed by atoms with Gasteiger partial charge in [0.2, 0.25) is 0 Å². The van der Waals surface area contributed by atoms with Gasteiger partial charge in [-0.05, 0) is 53.4 Å². The molecule has 2 rings (SSSR count). The molecule has 1 saturated heterocycles. The van der Waals surface area contributed by atoms with Crippen LogP contribution in [0.25, 0.3) is 0 Å². The average Bonchev–Trinajstić information content (AvgIpc) is 2.42. The van der Waals surface area contributed by atoms with Crippen LogP contribution in [0.4, 0.5) is 10.1 Å². The van der Waals surface area contributed by atoms with Crippen molar-refractivity contribution in [2.45, 2.75) is 25.3 Å². The fourth-order valence-corrected chi connectivity index (χ4v) is 3.90. The number of piperidine rings is 1. The van der Waals surface area contributed by atoms with E-state index in [0.29, 0.717) is 12.8 Å². The molecule has 1 aromatic rings. The molecule has 0 spiro atoms. The second-order valence-electron chi connectivity index (χ2n) is 4.70. The van der Waals surface area contributed by atoms with Crippen LogP contribution in [0.1, 0.15) is 19.3 Å². The number of carboxylic acids is 1. The lowest BCUT2D eigenvalue weighted by atomic mass is 10.1. The lowest BCUT2D eigenvalue weighted by Crippen LogP contribution is -2.49. The average molecular weight is 381 g/mol. The van der Waals surface area contributed by atoms with Crippen LogP contribution in [0.5, 0.6) is 0 Å². The van der Waals surface area contributed by atoms with Crippen molar-refractivity contribution in [3.8, 4) is 0 Å². The highest BCUT2D eigenvalue weighted by Crippen LogP contribution is 2.24. The van der Waals surface area contributed by atoms with Gasteiger partial charge in [0.05, 0.1) is 10.2 Å². The Morgan fingerprint density at radius 1 is 1.43 bits per heavy atom. The minimum absolute atomic E-state index is 0.0467. The van der Waals surface area contributed by atoms with E-state index >= 15 is 0 Å². The Morgan fingerprint density at radius 3 is 2.76 bits per heavy atom. The van der Waals surface area contributed by atoms with E-state index in [0.717, 1.165) is 10.4 Å². The molecule has 1 fully saturated rings. The number of nitrogens with zero attached hydrogens (tertiary/aromatic N) is 1. The summed E-state index contributed by atoms with van der Waals surface area (Å²) in [6, 6.07) is 2.71. The van der Waals surface area contributed by atoms with E-state index in [4.69, 9.17) is 5.11 Å². The Hall–Kier alpha value is -1.19. The summed E-state index contributed by atoms with van der Waals surface area (Å²) in [6.45, 7) is 0.130. The van der Waals surface area contributed by atoms with Crippen molar-refractivity contribution < 1.29 is 22.7 Å². The summed E-state index contributed by atoms with van der Waals surface area (Å²) in [7, 11) is -4.04. The summed E-state index contributed by atoms with van der Waals surface area (Å²) in [5.41, 5.74) is 0.0467. The van der Waals surface area contributed by atoms with Gasteiger partial charge in [-0.2, -0.15) is 12.7 Å². The number of carbonyl (C=O) groups is 1. The summed E-state index contributed by atoms with van der Waals surface area (Å²) < 4.78 is 41.3. The van der Waals surface area contributed by atoms with E-state index < -0.39 is 28.0 Å². The first-order valence-corrected chi connectivity index (χ1v) is 8.52. The monoisotopic (exact) mass is 380 g/mol. The smallest absolute Gasteiger partial charge is 0.322 e. The molecule has 0 saturated carbocycles. The molecule has 0 aliphatic carbocycles. The van der Waals surface area contributed by atoms with Crippen LogP contribution in [-0.4, -0.2) is 36.4 Å². The highest BCUT2D eigenvalue weighted by atomic mass is 79.9. The lowest BCUT2D eigenvalue weighted by Gasteiger charge is -2.31. The largest absolute Gasteiger partial charge is 0.480 e. The first kappa shape index (κ1) is 16.2. The standard InChI is InChI=1S/C12H14BrFN2O4S/c13-9-5-4-8(7-10(9)14)15-21(19,20)16-6-2-1-3-11(16)12(17)18/h4-5,7,11,15H,1-3,6H2,(H,17,18). The fraction of sp³-hybridized carbons (Fsp3) is 0.417. The molecule has 116 valence electrons. The van der Waals surface area contributed by atoms with Crippen molar-refractivity contribution in [3.05, 3.63) is 28.5 Å². The molecule has 9 heteroatoms. The topological polar surface area (TPSA) is 86.7 Å². The van der Waals surface area contributed by atoms with Crippen molar-refractivity contribution >= 4 is 37.8 Å². The van der Waals surface area contributed by atoms with Gasteiger partial charge in [0.15, 0.2) is 0 Å². The van der Waals surface area contributed by atoms with E-state index in [9.17, 15) is 17.6 Å². The van der Waals surface area contributed by atoms with E-state index in [1.165, 1.54) is 12.1 Å². The van der Waals surface area contributed by atoms with Crippen molar-refractivity contribution in [1.82, 2.24) is 4.31 Å². The number of nitrogens with one attached hydrogen (secondary N) is 1. The third-order valence-corrected chi connectivity index (χ3v) is 5.41. The van der Waals surface area contributed by atoms with Gasteiger partial charge in [0.25, 0.3) is 0 Å². The lowest BCUT2D eigenvalue weighted by molar-refractivity contribution is -0.142. The highest BCUT2D eigenvalue weighted by Gasteiger charge is 2.36. The van der Waals surface area contributed by atoms with Crippen LogP contribution in [0.2, 0.25) is 0 Å². The molecule has 1 atom stereocenters. The molecule has 6 nitrogen and oxygen atoms in total. The van der Waals surface area contributed by atoms with Gasteiger partial charge in [0.1, 0.15) is 11.9 Å². The number of halogens is 2. The van der Waals surface area contributed by atoms with Gasteiger partial charge in [0, 0.05) is 6.54 Å². The van der Waals surface area contributed by atoms with Crippen LogP contribution in [0.3, 0.4) is 0 Å². The van der Waals surface area contributed by atoms with Crippen molar-refractivity contribution in [3.63, 3.8) is 0 Å². The van der Waals surface area contributed by atoms with E-state index in [1.54, 1.807) is 0 Å². The van der Waals surface area contributed by atoms with E-state index in [-0.39, 0.29) is 23.1 Å². The quantitative estimate of drug-likeness (QED) is 0.837.